The molecular weight excluding hydrogens is 279 g/mol. The summed E-state index contributed by atoms with van der Waals surface area (Å²) in [5, 5.41) is 11.2. The first kappa shape index (κ1) is 14.4. The second-order valence-electron chi connectivity index (χ2n) is 4.03. The van der Waals surface area contributed by atoms with Crippen LogP contribution >= 0.6 is 0 Å². The van der Waals surface area contributed by atoms with Gasteiger partial charge in [0.1, 0.15) is 17.3 Å². The number of hydrogen-bond donors (Lipinski definition) is 2. The maximum Gasteiger partial charge on any atom is 0.354 e. The van der Waals surface area contributed by atoms with Gasteiger partial charge in [-0.1, -0.05) is 6.07 Å². The van der Waals surface area contributed by atoms with E-state index in [0.717, 1.165) is 6.07 Å². The van der Waals surface area contributed by atoms with Crippen LogP contribution in [0.1, 0.15) is 10.5 Å². The summed E-state index contributed by atoms with van der Waals surface area (Å²) >= 11 is 0. The van der Waals surface area contributed by atoms with Crippen LogP contribution in [0.2, 0.25) is 0 Å². The molecule has 2 N–H and O–H groups in total. The van der Waals surface area contributed by atoms with Crippen molar-refractivity contribution in [2.24, 2.45) is 0 Å². The number of pyridine rings is 1. The van der Waals surface area contributed by atoms with E-state index in [9.17, 15) is 14.0 Å². The highest BCUT2D eigenvalue weighted by Gasteiger charge is 2.07. The number of nitrogens with zero attached hydrogens (tertiary/aromatic N) is 1. The average molecular weight is 290 g/mol. The predicted molar refractivity (Wildman–Crippen MR) is 71.7 cm³/mol. The maximum absolute atomic E-state index is 12.9. The van der Waals surface area contributed by atoms with Gasteiger partial charge in [-0.15, -0.1) is 0 Å². The second kappa shape index (κ2) is 6.47. The zero-order chi connectivity index (χ0) is 15.2. The van der Waals surface area contributed by atoms with Crippen LogP contribution in [0.5, 0.6) is 5.75 Å². The summed E-state index contributed by atoms with van der Waals surface area (Å²) in [7, 11) is 0. The molecule has 0 fully saturated rings. The van der Waals surface area contributed by atoms with E-state index in [2.05, 4.69) is 10.3 Å². The Labute approximate surface area is 119 Å². The molecule has 2 aromatic rings. The molecule has 0 saturated heterocycles. The van der Waals surface area contributed by atoms with Crippen molar-refractivity contribution in [3.63, 3.8) is 0 Å². The van der Waals surface area contributed by atoms with Crippen LogP contribution < -0.4 is 10.1 Å². The lowest BCUT2D eigenvalue weighted by Gasteiger charge is -2.07. The number of aromatic nitrogens is 1. The second-order valence-corrected chi connectivity index (χ2v) is 4.03. The van der Waals surface area contributed by atoms with Gasteiger partial charge in [0.2, 0.25) is 0 Å². The number of hydrogen-bond acceptors (Lipinski definition) is 4. The van der Waals surface area contributed by atoms with Gasteiger partial charge in [-0.25, -0.2) is 14.2 Å². The molecule has 108 valence electrons. The summed E-state index contributed by atoms with van der Waals surface area (Å²) in [5.41, 5.74) is 0.219. The van der Waals surface area contributed by atoms with Crippen LogP contribution in [0, 0.1) is 5.82 Å². The molecule has 0 unspecified atom stereocenters. The van der Waals surface area contributed by atoms with Gasteiger partial charge in [0, 0.05) is 6.07 Å². The van der Waals surface area contributed by atoms with Crippen LogP contribution in [0.25, 0.3) is 0 Å². The molecule has 6 nitrogen and oxygen atoms in total. The van der Waals surface area contributed by atoms with Gasteiger partial charge in [-0.05, 0) is 24.3 Å². The molecule has 21 heavy (non-hydrogen) atoms. The van der Waals surface area contributed by atoms with Crippen molar-refractivity contribution in [2.75, 3.05) is 11.9 Å². The number of amides is 1. The quantitative estimate of drug-likeness (QED) is 0.878. The monoisotopic (exact) mass is 290 g/mol. The van der Waals surface area contributed by atoms with Gasteiger partial charge < -0.3 is 15.2 Å². The summed E-state index contributed by atoms with van der Waals surface area (Å²) < 4.78 is 18.0. The SMILES string of the molecule is O=C(COc1cccc(F)c1)Nc1ccc(C(=O)O)nc1. The van der Waals surface area contributed by atoms with Crippen molar-refractivity contribution in [1.29, 1.82) is 0 Å². The van der Waals surface area contributed by atoms with Crippen LogP contribution in [0.3, 0.4) is 0 Å². The maximum atomic E-state index is 12.9. The van der Waals surface area contributed by atoms with Gasteiger partial charge in [0.05, 0.1) is 11.9 Å². The fourth-order valence-corrected chi connectivity index (χ4v) is 1.50. The number of benzene rings is 1. The summed E-state index contributed by atoms with van der Waals surface area (Å²) in [6.07, 6.45) is 1.23. The van der Waals surface area contributed by atoms with Gasteiger partial charge in [0.25, 0.3) is 5.91 Å². The Balaban J connectivity index is 1.88. The lowest BCUT2D eigenvalue weighted by Crippen LogP contribution is -2.20. The Bertz CT molecular complexity index is 658. The number of rotatable bonds is 5. The average Bonchev–Trinajstić information content (AvgIpc) is 2.46. The van der Waals surface area contributed by atoms with Crippen molar-refractivity contribution in [1.82, 2.24) is 4.98 Å². The third-order valence-corrected chi connectivity index (χ3v) is 2.43. The van der Waals surface area contributed by atoms with Crippen LogP contribution in [0.15, 0.2) is 42.6 Å². The molecule has 7 heteroatoms. The van der Waals surface area contributed by atoms with E-state index in [0.29, 0.717) is 5.69 Å². The zero-order valence-corrected chi connectivity index (χ0v) is 10.7. The van der Waals surface area contributed by atoms with Gasteiger partial charge in [0.15, 0.2) is 6.61 Å². The van der Waals surface area contributed by atoms with Gasteiger partial charge >= 0.3 is 5.97 Å². The molecule has 0 atom stereocenters. The Morgan fingerprint density at radius 1 is 1.29 bits per heavy atom. The normalized spacial score (nSPS) is 9.95. The largest absolute Gasteiger partial charge is 0.484 e. The molecule has 0 aliphatic carbocycles. The lowest BCUT2D eigenvalue weighted by molar-refractivity contribution is -0.118. The first-order chi connectivity index (χ1) is 10.0. The molecular formula is C14H11FN2O4. The molecule has 0 saturated carbocycles. The van der Waals surface area contributed by atoms with E-state index in [1.807, 2.05) is 0 Å². The van der Waals surface area contributed by atoms with Crippen molar-refractivity contribution >= 4 is 17.6 Å². The third-order valence-electron chi connectivity index (χ3n) is 2.43. The van der Waals surface area contributed by atoms with Crippen molar-refractivity contribution in [3.05, 3.63) is 54.1 Å². The van der Waals surface area contributed by atoms with E-state index >= 15 is 0 Å². The molecule has 0 spiro atoms. The van der Waals surface area contributed by atoms with Crippen molar-refractivity contribution < 1.29 is 23.8 Å². The first-order valence-electron chi connectivity index (χ1n) is 5.92. The number of carboxylic acids is 1. The third kappa shape index (κ3) is 4.27. The van der Waals surface area contributed by atoms with Crippen molar-refractivity contribution in [2.45, 2.75) is 0 Å². The number of carboxylic acid groups (broad SMARTS) is 1. The minimum absolute atomic E-state index is 0.121. The Morgan fingerprint density at radius 2 is 2.10 bits per heavy atom. The number of carbonyl (C=O) groups is 2. The molecule has 0 aliphatic heterocycles. The number of nitrogens with one attached hydrogen (secondary N) is 1. The zero-order valence-electron chi connectivity index (χ0n) is 10.7. The van der Waals surface area contributed by atoms with Gasteiger partial charge in [-0.2, -0.15) is 0 Å². The van der Waals surface area contributed by atoms with Crippen LogP contribution in [-0.4, -0.2) is 28.6 Å². The molecule has 2 rings (SSSR count). The molecule has 1 amide bonds. The van der Waals surface area contributed by atoms with Crippen LogP contribution in [-0.2, 0) is 4.79 Å². The number of halogens is 1. The summed E-state index contributed by atoms with van der Waals surface area (Å²) in [5.74, 6) is -1.84. The minimum atomic E-state index is -1.15. The number of carbonyl (C=O) groups excluding carboxylic acids is 1. The summed E-state index contributed by atoms with van der Waals surface area (Å²) in [6.45, 7) is -0.301. The fourth-order valence-electron chi connectivity index (χ4n) is 1.50. The predicted octanol–water partition coefficient (Wildman–Crippen LogP) is 1.94. The number of ether oxygens (including phenoxy) is 1. The molecule has 1 heterocycles. The Morgan fingerprint density at radius 3 is 2.71 bits per heavy atom. The summed E-state index contributed by atoms with van der Waals surface area (Å²) in [4.78, 5) is 25.9. The smallest absolute Gasteiger partial charge is 0.354 e. The van der Waals surface area contributed by atoms with E-state index in [1.54, 1.807) is 0 Å². The summed E-state index contributed by atoms with van der Waals surface area (Å²) in [6, 6.07) is 8.11. The van der Waals surface area contributed by atoms with Crippen molar-refractivity contribution in [3.8, 4) is 5.75 Å². The Kier molecular flexibility index (Phi) is 4.45. The van der Waals surface area contributed by atoms with Gasteiger partial charge in [-0.3, -0.25) is 4.79 Å². The highest BCUT2D eigenvalue weighted by atomic mass is 19.1. The first-order valence-corrected chi connectivity index (χ1v) is 5.92. The topological polar surface area (TPSA) is 88.5 Å². The van der Waals surface area contributed by atoms with E-state index < -0.39 is 17.7 Å². The molecule has 0 radical (unpaired) electrons. The van der Waals surface area contributed by atoms with E-state index in [4.69, 9.17) is 9.84 Å². The fraction of sp³-hybridized carbons (Fsp3) is 0.0714. The van der Waals surface area contributed by atoms with Crippen LogP contribution in [0.4, 0.5) is 10.1 Å². The lowest BCUT2D eigenvalue weighted by atomic mass is 10.3. The number of anilines is 1. The molecule has 0 aliphatic rings. The standard InChI is InChI=1S/C14H11FN2O4/c15-9-2-1-3-11(6-9)21-8-13(18)17-10-4-5-12(14(19)20)16-7-10/h1-7H,8H2,(H,17,18)(H,19,20). The van der Waals surface area contributed by atoms with E-state index in [1.165, 1.54) is 36.5 Å². The highest BCUT2D eigenvalue weighted by Crippen LogP contribution is 2.12. The van der Waals surface area contributed by atoms with E-state index in [-0.39, 0.29) is 18.1 Å². The highest BCUT2D eigenvalue weighted by molar-refractivity contribution is 5.92. The Hall–Kier alpha value is -2.96. The number of aromatic carboxylic acids is 1. The minimum Gasteiger partial charge on any atom is -0.484 e. The molecule has 0 bridgehead atoms. The molecule has 1 aromatic carbocycles. The molecule has 1 aromatic heterocycles.